The van der Waals surface area contributed by atoms with Crippen molar-refractivity contribution in [1.82, 2.24) is 9.97 Å². The van der Waals surface area contributed by atoms with Crippen LogP contribution in [0.3, 0.4) is 0 Å². The molecule has 0 amide bonds. The molecule has 4 nitrogen and oxygen atoms in total. The van der Waals surface area contributed by atoms with E-state index >= 15 is 0 Å². The van der Waals surface area contributed by atoms with Gasteiger partial charge in [-0.15, -0.1) is 0 Å². The Hall–Kier alpha value is -1.81. The fraction of sp³-hybridized carbons (Fsp3) is 0.0909. The van der Waals surface area contributed by atoms with Gasteiger partial charge >= 0.3 is 0 Å². The summed E-state index contributed by atoms with van der Waals surface area (Å²) in [5.74, 6) is 0.649. The normalized spacial score (nSPS) is 10.1. The molecule has 0 spiro atoms. The number of pyridine rings is 2. The van der Waals surface area contributed by atoms with Gasteiger partial charge in [0.1, 0.15) is 11.0 Å². The topological polar surface area (TPSA) is 63.8 Å². The minimum Gasteiger partial charge on any atom is -0.399 e. The minimum absolute atomic E-state index is 0.378. The van der Waals surface area contributed by atoms with Crippen LogP contribution in [-0.2, 0) is 6.54 Å². The van der Waals surface area contributed by atoms with Crippen LogP contribution in [0.4, 0.5) is 11.5 Å². The zero-order chi connectivity index (χ0) is 11.4. The summed E-state index contributed by atoms with van der Waals surface area (Å²) in [6.07, 6.45) is 1.75. The van der Waals surface area contributed by atoms with Gasteiger partial charge in [0.2, 0.25) is 0 Å². The molecule has 5 heteroatoms. The zero-order valence-electron chi connectivity index (χ0n) is 8.52. The third-order valence-electron chi connectivity index (χ3n) is 1.99. The van der Waals surface area contributed by atoms with Crippen molar-refractivity contribution in [3.05, 3.63) is 47.4 Å². The lowest BCUT2D eigenvalue weighted by Crippen LogP contribution is -2.03. The molecule has 2 aromatic heterocycles. The monoisotopic (exact) mass is 234 g/mol. The Morgan fingerprint density at radius 3 is 2.88 bits per heavy atom. The molecular formula is C11H11ClN4. The summed E-state index contributed by atoms with van der Waals surface area (Å²) in [5, 5.41) is 3.48. The first-order chi connectivity index (χ1) is 7.74. The van der Waals surface area contributed by atoms with E-state index in [0.29, 0.717) is 23.2 Å². The number of hydrogen-bond donors (Lipinski definition) is 2. The second kappa shape index (κ2) is 4.81. The van der Waals surface area contributed by atoms with Crippen molar-refractivity contribution in [2.75, 3.05) is 11.1 Å². The van der Waals surface area contributed by atoms with Gasteiger partial charge in [0, 0.05) is 18.0 Å². The summed E-state index contributed by atoms with van der Waals surface area (Å²) in [6.45, 7) is 0.591. The highest BCUT2D eigenvalue weighted by Gasteiger charge is 1.99. The maximum atomic E-state index is 5.79. The van der Waals surface area contributed by atoms with E-state index in [-0.39, 0.29) is 0 Å². The lowest BCUT2D eigenvalue weighted by molar-refractivity contribution is 1.03. The van der Waals surface area contributed by atoms with Gasteiger partial charge in [-0.1, -0.05) is 17.7 Å². The van der Waals surface area contributed by atoms with Crippen molar-refractivity contribution in [2.45, 2.75) is 6.54 Å². The predicted molar refractivity (Wildman–Crippen MR) is 65.2 cm³/mol. The molecular weight excluding hydrogens is 224 g/mol. The first-order valence-corrected chi connectivity index (χ1v) is 5.19. The maximum Gasteiger partial charge on any atom is 0.133 e. The molecule has 0 aliphatic carbocycles. The smallest absolute Gasteiger partial charge is 0.133 e. The van der Waals surface area contributed by atoms with Crippen molar-refractivity contribution in [3.8, 4) is 0 Å². The number of nitrogens with two attached hydrogens (primary N) is 1. The van der Waals surface area contributed by atoms with Crippen LogP contribution in [0.15, 0.2) is 36.5 Å². The van der Waals surface area contributed by atoms with Gasteiger partial charge in [0.25, 0.3) is 0 Å². The largest absolute Gasteiger partial charge is 0.399 e. The standard InChI is InChI=1S/C11H11ClN4/c12-10-5-8(13)6-11(16-10)15-7-9-3-1-2-4-14-9/h1-6H,7H2,(H3,13,15,16). The van der Waals surface area contributed by atoms with Gasteiger partial charge in [0.15, 0.2) is 0 Å². The predicted octanol–water partition coefficient (Wildman–Crippen LogP) is 2.32. The highest BCUT2D eigenvalue weighted by molar-refractivity contribution is 6.29. The Balaban J connectivity index is 2.05. The van der Waals surface area contributed by atoms with Crippen LogP contribution in [0.2, 0.25) is 5.15 Å². The second-order valence-corrected chi connectivity index (χ2v) is 3.67. The number of halogens is 1. The molecule has 82 valence electrons. The second-order valence-electron chi connectivity index (χ2n) is 3.28. The van der Waals surface area contributed by atoms with Crippen LogP contribution in [-0.4, -0.2) is 9.97 Å². The molecule has 3 N–H and O–H groups in total. The van der Waals surface area contributed by atoms with Crippen LogP contribution < -0.4 is 11.1 Å². The van der Waals surface area contributed by atoms with Gasteiger partial charge < -0.3 is 11.1 Å². The third kappa shape index (κ3) is 2.84. The van der Waals surface area contributed by atoms with Gasteiger partial charge in [-0.3, -0.25) is 4.98 Å². The molecule has 0 saturated heterocycles. The zero-order valence-corrected chi connectivity index (χ0v) is 9.28. The fourth-order valence-electron chi connectivity index (χ4n) is 1.29. The van der Waals surface area contributed by atoms with Crippen LogP contribution in [0.5, 0.6) is 0 Å². The Kier molecular flexibility index (Phi) is 3.22. The van der Waals surface area contributed by atoms with Crippen molar-refractivity contribution in [2.24, 2.45) is 0 Å². The van der Waals surface area contributed by atoms with Crippen molar-refractivity contribution < 1.29 is 0 Å². The fourth-order valence-corrected chi connectivity index (χ4v) is 1.51. The first kappa shape index (κ1) is 10.7. The van der Waals surface area contributed by atoms with Crippen molar-refractivity contribution >= 4 is 23.1 Å². The minimum atomic E-state index is 0.378. The van der Waals surface area contributed by atoms with E-state index in [0.717, 1.165) is 5.69 Å². The number of hydrogen-bond acceptors (Lipinski definition) is 4. The van der Waals surface area contributed by atoms with Crippen LogP contribution >= 0.6 is 11.6 Å². The van der Waals surface area contributed by atoms with Crippen LogP contribution in [0.1, 0.15) is 5.69 Å². The molecule has 0 aliphatic rings. The van der Waals surface area contributed by atoms with E-state index in [4.69, 9.17) is 17.3 Å². The van der Waals surface area contributed by atoms with Crippen molar-refractivity contribution in [1.29, 1.82) is 0 Å². The number of nitrogens with one attached hydrogen (secondary N) is 1. The average molecular weight is 235 g/mol. The third-order valence-corrected chi connectivity index (χ3v) is 2.19. The van der Waals surface area contributed by atoms with Gasteiger partial charge in [-0.25, -0.2) is 4.98 Å². The summed E-state index contributed by atoms with van der Waals surface area (Å²) in [5.41, 5.74) is 7.17. The van der Waals surface area contributed by atoms with E-state index < -0.39 is 0 Å². The average Bonchev–Trinajstić information content (AvgIpc) is 2.27. The number of nitrogens with zero attached hydrogens (tertiary/aromatic N) is 2. The molecule has 0 bridgehead atoms. The lowest BCUT2D eigenvalue weighted by atomic mass is 10.3. The molecule has 2 aromatic rings. The number of rotatable bonds is 3. The summed E-state index contributed by atoms with van der Waals surface area (Å²) >= 11 is 5.79. The summed E-state index contributed by atoms with van der Waals surface area (Å²) in [4.78, 5) is 8.28. The molecule has 0 unspecified atom stereocenters. The first-order valence-electron chi connectivity index (χ1n) is 4.81. The van der Waals surface area contributed by atoms with E-state index in [1.807, 2.05) is 18.2 Å². The lowest BCUT2D eigenvalue weighted by Gasteiger charge is -2.06. The SMILES string of the molecule is Nc1cc(Cl)nc(NCc2ccccn2)c1. The Morgan fingerprint density at radius 1 is 1.31 bits per heavy atom. The molecule has 0 atom stereocenters. The van der Waals surface area contributed by atoms with Crippen molar-refractivity contribution in [3.63, 3.8) is 0 Å². The molecule has 0 saturated carbocycles. The van der Waals surface area contributed by atoms with Gasteiger partial charge in [-0.05, 0) is 18.2 Å². The highest BCUT2D eigenvalue weighted by atomic mass is 35.5. The van der Waals surface area contributed by atoms with E-state index in [1.54, 1.807) is 18.3 Å². The quantitative estimate of drug-likeness (QED) is 0.800. The maximum absolute atomic E-state index is 5.79. The summed E-state index contributed by atoms with van der Waals surface area (Å²) in [6, 6.07) is 9.08. The summed E-state index contributed by atoms with van der Waals surface area (Å²) < 4.78 is 0. The van der Waals surface area contributed by atoms with Gasteiger partial charge in [-0.2, -0.15) is 0 Å². The Bertz CT molecular complexity index is 452. The molecule has 0 aliphatic heterocycles. The Morgan fingerprint density at radius 2 is 2.19 bits per heavy atom. The van der Waals surface area contributed by atoms with Crippen LogP contribution in [0.25, 0.3) is 0 Å². The number of nitrogen functional groups attached to an aromatic ring is 1. The van der Waals surface area contributed by atoms with E-state index in [9.17, 15) is 0 Å². The molecule has 0 aromatic carbocycles. The molecule has 0 fully saturated rings. The van der Waals surface area contributed by atoms with E-state index in [1.165, 1.54) is 0 Å². The molecule has 0 radical (unpaired) electrons. The van der Waals surface area contributed by atoms with Crippen LogP contribution in [0, 0.1) is 0 Å². The van der Waals surface area contributed by atoms with Gasteiger partial charge in [0.05, 0.1) is 12.2 Å². The summed E-state index contributed by atoms with van der Waals surface area (Å²) in [7, 11) is 0. The molecule has 2 heterocycles. The molecule has 2 rings (SSSR count). The number of aromatic nitrogens is 2. The van der Waals surface area contributed by atoms with E-state index in [2.05, 4.69) is 15.3 Å². The molecule has 16 heavy (non-hydrogen) atoms. The Labute approximate surface area is 98.5 Å². The number of anilines is 2. The highest BCUT2D eigenvalue weighted by Crippen LogP contribution is 2.16.